The van der Waals surface area contributed by atoms with Crippen LogP contribution in [0.15, 0.2) is 0 Å². The Hall–Kier alpha value is -3.18. The number of rotatable bonds is 10. The van der Waals surface area contributed by atoms with Crippen LogP contribution in [0.4, 0.5) is 4.79 Å². The second-order valence-corrected chi connectivity index (χ2v) is 14.3. The Morgan fingerprint density at radius 2 is 1.29 bits per heavy atom. The minimum Gasteiger partial charge on any atom is -0.363 e. The number of piperidine rings is 1. The lowest BCUT2D eigenvalue weighted by Crippen LogP contribution is -2.62. The van der Waals surface area contributed by atoms with E-state index in [0.717, 1.165) is 32.1 Å². The fourth-order valence-corrected chi connectivity index (χ4v) is 5.72. The lowest BCUT2D eigenvalue weighted by molar-refractivity contribution is -0.143. The first-order chi connectivity index (χ1) is 19.5. The maximum Gasteiger partial charge on any atom is 0.316 e. The second-order valence-electron chi connectivity index (χ2n) is 14.3. The Labute approximate surface area is 249 Å². The maximum absolute atomic E-state index is 13.9. The van der Waals surface area contributed by atoms with Crippen LogP contribution < -0.4 is 21.7 Å². The van der Waals surface area contributed by atoms with Crippen molar-refractivity contribution in [3.8, 4) is 0 Å². The first-order valence-electron chi connectivity index (χ1n) is 15.3. The van der Waals surface area contributed by atoms with E-state index in [1.54, 1.807) is 4.90 Å². The molecule has 236 valence electrons. The van der Waals surface area contributed by atoms with Crippen LogP contribution in [-0.2, 0) is 24.0 Å². The summed E-state index contributed by atoms with van der Waals surface area (Å²) >= 11 is 0. The lowest BCUT2D eigenvalue weighted by Gasteiger charge is -2.38. The Balaban J connectivity index is 1.72. The maximum atomic E-state index is 13.9. The number of Topliss-reactive ketones (excluding diaryl/α,β-unsaturated/α-hetero) is 1. The van der Waals surface area contributed by atoms with Crippen molar-refractivity contribution < 1.29 is 28.8 Å². The highest BCUT2D eigenvalue weighted by Gasteiger charge is 2.44. The molecule has 12 nitrogen and oxygen atoms in total. The van der Waals surface area contributed by atoms with Gasteiger partial charge in [-0.05, 0) is 55.3 Å². The number of carbonyl (C=O) groups excluding carboxylic acids is 6. The van der Waals surface area contributed by atoms with Gasteiger partial charge in [0.1, 0.15) is 18.1 Å². The summed E-state index contributed by atoms with van der Waals surface area (Å²) in [4.78, 5) is 81.2. The highest BCUT2D eigenvalue weighted by molar-refractivity contribution is 6.37. The number of primary amides is 1. The van der Waals surface area contributed by atoms with Gasteiger partial charge in [-0.3, -0.25) is 24.0 Å². The van der Waals surface area contributed by atoms with Crippen molar-refractivity contribution in [2.75, 3.05) is 19.6 Å². The second kappa shape index (κ2) is 13.4. The van der Waals surface area contributed by atoms with E-state index in [1.165, 1.54) is 4.90 Å². The van der Waals surface area contributed by atoms with Gasteiger partial charge < -0.3 is 31.5 Å². The largest absolute Gasteiger partial charge is 0.363 e. The molecule has 3 rings (SSSR count). The van der Waals surface area contributed by atoms with E-state index in [9.17, 15) is 28.8 Å². The number of nitrogens with zero attached hydrogens (tertiary/aromatic N) is 2. The van der Waals surface area contributed by atoms with Gasteiger partial charge in [0, 0.05) is 19.6 Å². The molecule has 42 heavy (non-hydrogen) atoms. The quantitative estimate of drug-likeness (QED) is 0.281. The molecule has 1 aliphatic carbocycles. The number of ketones is 1. The fraction of sp³-hybridized carbons (Fsp3) is 0.800. The molecule has 5 N–H and O–H groups in total. The molecular formula is C30H50N6O6. The van der Waals surface area contributed by atoms with Gasteiger partial charge in [-0.2, -0.15) is 0 Å². The van der Waals surface area contributed by atoms with Crippen LogP contribution in [-0.4, -0.2) is 89.0 Å². The van der Waals surface area contributed by atoms with Crippen molar-refractivity contribution >= 4 is 35.4 Å². The van der Waals surface area contributed by atoms with Gasteiger partial charge in [0.05, 0.1) is 6.04 Å². The number of urea groups is 1. The van der Waals surface area contributed by atoms with Gasteiger partial charge in [-0.25, -0.2) is 4.79 Å². The Morgan fingerprint density at radius 3 is 1.79 bits per heavy atom. The van der Waals surface area contributed by atoms with E-state index in [1.807, 2.05) is 41.5 Å². The molecule has 0 spiro atoms. The number of amides is 6. The number of hydrogen-bond donors (Lipinski definition) is 4. The summed E-state index contributed by atoms with van der Waals surface area (Å²) in [6.45, 7) is 12.7. The summed E-state index contributed by atoms with van der Waals surface area (Å²) in [5, 5.41) is 8.32. The van der Waals surface area contributed by atoms with E-state index in [4.69, 9.17) is 5.73 Å². The monoisotopic (exact) mass is 590 g/mol. The first-order valence-corrected chi connectivity index (χ1v) is 15.3. The summed E-state index contributed by atoms with van der Waals surface area (Å²) in [5.41, 5.74) is 3.94. The van der Waals surface area contributed by atoms with E-state index in [-0.39, 0.29) is 11.8 Å². The van der Waals surface area contributed by atoms with Crippen LogP contribution in [0.25, 0.3) is 0 Å². The SMILES string of the molecule is CC(C)(C)C(NC(=O)NC(C(=O)N1CCC[C@H]1C(=O)NC(CC1CC1)C(=O)C(N)=O)C(C)(C)C)C(=O)N1CCCCC1. The molecule has 2 aliphatic heterocycles. The summed E-state index contributed by atoms with van der Waals surface area (Å²) < 4.78 is 0. The van der Waals surface area contributed by atoms with Crippen LogP contribution in [0.2, 0.25) is 0 Å². The molecule has 2 heterocycles. The highest BCUT2D eigenvalue weighted by Crippen LogP contribution is 2.34. The molecule has 6 amide bonds. The van der Waals surface area contributed by atoms with Gasteiger partial charge in [-0.1, -0.05) is 54.4 Å². The molecule has 3 unspecified atom stereocenters. The number of hydrogen-bond acceptors (Lipinski definition) is 6. The number of nitrogens with one attached hydrogen (secondary N) is 3. The van der Waals surface area contributed by atoms with Crippen molar-refractivity contribution in [1.29, 1.82) is 0 Å². The zero-order valence-corrected chi connectivity index (χ0v) is 26.1. The van der Waals surface area contributed by atoms with Crippen molar-refractivity contribution in [3.63, 3.8) is 0 Å². The molecule has 2 saturated heterocycles. The van der Waals surface area contributed by atoms with Gasteiger partial charge in [0.15, 0.2) is 0 Å². The van der Waals surface area contributed by atoms with Crippen LogP contribution >= 0.6 is 0 Å². The van der Waals surface area contributed by atoms with Crippen LogP contribution in [0, 0.1) is 16.7 Å². The third-order valence-electron chi connectivity index (χ3n) is 8.42. The van der Waals surface area contributed by atoms with Crippen LogP contribution in [0.1, 0.15) is 92.9 Å². The Morgan fingerprint density at radius 1 is 0.738 bits per heavy atom. The molecule has 0 aromatic carbocycles. The molecule has 1 saturated carbocycles. The highest BCUT2D eigenvalue weighted by atomic mass is 16.2. The van der Waals surface area contributed by atoms with Crippen molar-refractivity contribution in [3.05, 3.63) is 0 Å². The Kier molecular flexibility index (Phi) is 10.6. The first kappa shape index (κ1) is 33.3. The number of nitrogens with two attached hydrogens (primary N) is 1. The van der Waals surface area contributed by atoms with E-state index in [2.05, 4.69) is 16.0 Å². The third kappa shape index (κ3) is 8.67. The van der Waals surface area contributed by atoms with E-state index < -0.39 is 64.5 Å². The predicted molar refractivity (Wildman–Crippen MR) is 157 cm³/mol. The van der Waals surface area contributed by atoms with E-state index >= 15 is 0 Å². The van der Waals surface area contributed by atoms with Crippen LogP contribution in [0.5, 0.6) is 0 Å². The normalized spacial score (nSPS) is 21.6. The van der Waals surface area contributed by atoms with E-state index in [0.29, 0.717) is 38.9 Å². The minimum absolute atomic E-state index is 0.140. The van der Waals surface area contributed by atoms with Gasteiger partial charge in [0.25, 0.3) is 5.91 Å². The molecule has 12 heteroatoms. The predicted octanol–water partition coefficient (Wildman–Crippen LogP) is 1.46. The average Bonchev–Trinajstić information content (AvgIpc) is 3.58. The molecule has 3 fully saturated rings. The van der Waals surface area contributed by atoms with Crippen molar-refractivity contribution in [1.82, 2.24) is 25.8 Å². The summed E-state index contributed by atoms with van der Waals surface area (Å²) in [6, 6.07) is -4.29. The number of likely N-dealkylation sites (tertiary alicyclic amines) is 2. The molecule has 4 atom stereocenters. The molecule has 0 bridgehead atoms. The Bertz CT molecular complexity index is 1050. The van der Waals surface area contributed by atoms with Crippen molar-refractivity contribution in [2.24, 2.45) is 22.5 Å². The third-order valence-corrected chi connectivity index (χ3v) is 8.42. The van der Waals surface area contributed by atoms with Gasteiger partial charge >= 0.3 is 6.03 Å². The zero-order valence-electron chi connectivity index (χ0n) is 26.1. The lowest BCUT2D eigenvalue weighted by atomic mass is 9.84. The van der Waals surface area contributed by atoms with Gasteiger partial charge in [-0.15, -0.1) is 0 Å². The minimum atomic E-state index is -1.10. The summed E-state index contributed by atoms with van der Waals surface area (Å²) in [5.74, 6) is -2.77. The molecule has 0 aromatic rings. The van der Waals surface area contributed by atoms with Gasteiger partial charge in [0.2, 0.25) is 23.5 Å². The van der Waals surface area contributed by atoms with Crippen LogP contribution in [0.3, 0.4) is 0 Å². The summed E-state index contributed by atoms with van der Waals surface area (Å²) in [7, 11) is 0. The fourth-order valence-electron chi connectivity index (χ4n) is 5.72. The molecule has 3 aliphatic rings. The molecule has 0 radical (unpaired) electrons. The topological polar surface area (TPSA) is 171 Å². The average molecular weight is 591 g/mol. The molecular weight excluding hydrogens is 540 g/mol. The smallest absolute Gasteiger partial charge is 0.316 e. The van der Waals surface area contributed by atoms with Crippen molar-refractivity contribution in [2.45, 2.75) is 117 Å². The zero-order chi connectivity index (χ0) is 31.4. The standard InChI is InChI=1S/C30H50N6O6/c1-29(2,3)22(26(40)35-14-8-7-9-15-35)33-28(42)34-23(30(4,5)6)27(41)36-16-10-11-20(36)25(39)32-19(17-18-12-13-18)21(37)24(31)38/h18-20,22-23H,7-17H2,1-6H3,(H2,31,38)(H,32,39)(H2,33,34,42)/t19?,20-,22?,23?/m0/s1. The number of carbonyl (C=O) groups is 6. The molecule has 0 aromatic heterocycles. The summed E-state index contributed by atoms with van der Waals surface area (Å²) in [6.07, 6.45) is 6.08.